The zero-order valence-corrected chi connectivity index (χ0v) is 59.7. The third kappa shape index (κ3) is 15.8. The van der Waals surface area contributed by atoms with Crippen molar-refractivity contribution in [1.82, 2.24) is 25.1 Å². The number of nitrogens with one attached hydrogen (secondary N) is 3. The highest BCUT2D eigenvalue weighted by Crippen LogP contribution is 2.40. The van der Waals surface area contributed by atoms with Gasteiger partial charge in [-0.25, -0.2) is 39.6 Å². The highest BCUT2D eigenvalue weighted by Gasteiger charge is 2.42. The van der Waals surface area contributed by atoms with Crippen molar-refractivity contribution in [2.45, 2.75) is 96.3 Å². The quantitative estimate of drug-likeness (QED) is 0.0760. The lowest BCUT2D eigenvalue weighted by molar-refractivity contribution is -0.138. The summed E-state index contributed by atoms with van der Waals surface area (Å²) in [6, 6.07) is 35.8. The van der Waals surface area contributed by atoms with Crippen molar-refractivity contribution in [3.8, 4) is 0 Å². The van der Waals surface area contributed by atoms with Crippen molar-refractivity contribution in [1.29, 1.82) is 0 Å². The van der Waals surface area contributed by atoms with Gasteiger partial charge in [-0.15, -0.1) is 32.9 Å². The van der Waals surface area contributed by atoms with Crippen LogP contribution in [0.15, 0.2) is 171 Å². The summed E-state index contributed by atoms with van der Waals surface area (Å²) in [5.74, 6) is 0.160. The summed E-state index contributed by atoms with van der Waals surface area (Å²) >= 11 is 14.7. The predicted molar refractivity (Wildman–Crippen MR) is 389 cm³/mol. The monoisotopic (exact) mass is 1540 g/mol. The molecule has 6 aliphatic rings. The molecule has 3 aromatic heterocycles. The average Bonchev–Trinajstić information content (AvgIpc) is 1.62. The molecular weight excluding hydrogens is 1470 g/mol. The van der Waals surface area contributed by atoms with E-state index in [4.69, 9.17) is 23.2 Å². The van der Waals surface area contributed by atoms with Crippen LogP contribution in [0, 0.1) is 5.82 Å². The van der Waals surface area contributed by atoms with Crippen LogP contribution in [0.4, 0.5) is 61.4 Å². The molecule has 4 saturated heterocycles. The van der Waals surface area contributed by atoms with E-state index in [0.717, 1.165) is 87.2 Å². The molecule has 0 unspecified atom stereocenters. The largest absolute Gasteiger partial charge is 0.445 e. The lowest BCUT2D eigenvalue weighted by Crippen LogP contribution is -2.45. The van der Waals surface area contributed by atoms with Gasteiger partial charge in [0.05, 0.1) is 20.7 Å². The molecule has 6 aromatic carbocycles. The van der Waals surface area contributed by atoms with Gasteiger partial charge in [0.1, 0.15) is 17.9 Å². The van der Waals surface area contributed by atoms with E-state index in [0.29, 0.717) is 75.8 Å². The number of hydrogen-bond acceptors (Lipinski definition) is 19. The molecule has 9 heterocycles. The highest BCUT2D eigenvalue weighted by molar-refractivity contribution is 7.93. The Morgan fingerprint density at radius 3 is 1.35 bits per heavy atom. The van der Waals surface area contributed by atoms with Gasteiger partial charge in [0, 0.05) is 98.6 Å². The molecule has 34 heteroatoms. The Kier molecular flexibility index (Phi) is 20.8. The first-order valence-corrected chi connectivity index (χ1v) is 39.8. The first-order chi connectivity index (χ1) is 48.4. The average molecular weight is 1540 g/mol. The smallest absolute Gasteiger partial charge is 0.359 e. The molecule has 0 bridgehead atoms. The van der Waals surface area contributed by atoms with Gasteiger partial charge >= 0.3 is 6.18 Å². The highest BCUT2D eigenvalue weighted by atomic mass is 35.5. The molecule has 0 radical (unpaired) electrons. The van der Waals surface area contributed by atoms with Crippen molar-refractivity contribution in [2.24, 2.45) is 0 Å². The lowest BCUT2D eigenvalue weighted by Gasteiger charge is -2.35. The van der Waals surface area contributed by atoms with Crippen molar-refractivity contribution in [2.75, 3.05) is 84.5 Å². The number of likely N-dealkylation sites (tertiary alicyclic amines) is 1. The summed E-state index contributed by atoms with van der Waals surface area (Å²) in [5.41, 5.74) is 7.42. The number of carbonyl (C=O) groups is 3. The molecule has 3 N–H and O–H groups in total. The number of thiazole rings is 2. The van der Waals surface area contributed by atoms with Gasteiger partial charge in [0.2, 0.25) is 27.9 Å². The zero-order chi connectivity index (χ0) is 71.0. The number of piperidine rings is 1. The van der Waals surface area contributed by atoms with Gasteiger partial charge < -0.3 is 24.5 Å². The van der Waals surface area contributed by atoms with E-state index in [1.165, 1.54) is 101 Å². The molecule has 15 rings (SSSR count). The molecule has 9 aromatic rings. The molecule has 101 heavy (non-hydrogen) atoms. The molecule has 3 atom stereocenters. The summed E-state index contributed by atoms with van der Waals surface area (Å²) in [4.78, 5) is 59.2. The number of carbonyl (C=O) groups excluding carboxylic acids is 3. The predicted octanol–water partition coefficient (Wildman–Crippen LogP) is 13.1. The minimum Gasteiger partial charge on any atom is -0.359 e. The zero-order valence-electron chi connectivity index (χ0n) is 53.3. The number of aromatic nitrogens is 4. The summed E-state index contributed by atoms with van der Waals surface area (Å²) in [6.07, 6.45) is 4.98. The van der Waals surface area contributed by atoms with Gasteiger partial charge in [0.15, 0.2) is 10.3 Å². The number of rotatable bonds is 16. The normalized spacial score (nSPS) is 19.0. The number of amides is 3. The molecule has 0 saturated carbocycles. The Morgan fingerprint density at radius 1 is 0.485 bits per heavy atom. The van der Waals surface area contributed by atoms with Crippen LogP contribution in [0.5, 0.6) is 0 Å². The van der Waals surface area contributed by atoms with Crippen LogP contribution in [0.1, 0.15) is 70.4 Å². The fourth-order valence-electron chi connectivity index (χ4n) is 13.5. The van der Waals surface area contributed by atoms with Crippen LogP contribution in [-0.4, -0.2) is 132 Å². The van der Waals surface area contributed by atoms with E-state index in [1.807, 2.05) is 53.3 Å². The van der Waals surface area contributed by atoms with Crippen molar-refractivity contribution >= 4 is 149 Å². The van der Waals surface area contributed by atoms with Gasteiger partial charge in [0.25, 0.3) is 30.1 Å². The van der Waals surface area contributed by atoms with E-state index in [2.05, 4.69) is 44.3 Å². The number of benzene rings is 6. The summed E-state index contributed by atoms with van der Waals surface area (Å²) < 4.78 is 134. The van der Waals surface area contributed by atoms with E-state index in [1.54, 1.807) is 49.7 Å². The molecule has 0 aliphatic carbocycles. The maximum absolute atomic E-state index is 13.3. The van der Waals surface area contributed by atoms with Crippen LogP contribution in [0.2, 0.25) is 10.0 Å². The third-order valence-electron chi connectivity index (χ3n) is 18.3. The minimum absolute atomic E-state index is 0. The standard InChI is InChI=1S/C24H25FN4O3S2.C22H19ClF3N5O3S2.C21H19ClN4O3S2.3H2/c25-19-3-1-17(2-4-19)18-9-13-28(14-10-18)22-11-15-29(23(22)30)20-5-7-21(8-6-20)34(31,32)27-24-26-12-16-33-24;23-14-3-8-17-13(12-14)2-1-10-31(17)18-9-11-30(19(18)32)15-4-6-16(7-5-15)36(33,34)29-21-28-27-20(35-21)22(24,25)26;22-15-1-6-18-14(13-15)7-10-26(18)19-8-11-25(20(19)27)16-2-4-17(5-3-16)31(28,29)24-21-23-9-12-30-21;;;/h1-8,12,16,18,22H,9-11,13-15H2,(H,26,27);3-8,12,18H,1-2,9-11H2,(H,28,29);1-6,9,12-13,19H,7-8,10-11H2,(H,23,24);3*1H/t22-;18-;19-;;;/m001.../s1. The van der Waals surface area contributed by atoms with Gasteiger partial charge in [-0.3, -0.25) is 33.4 Å². The van der Waals surface area contributed by atoms with E-state index in [-0.39, 0.29) is 72.0 Å². The number of halogens is 6. The first-order valence-electron chi connectivity index (χ1n) is 32.0. The minimum atomic E-state index is -4.72. The number of sulfonamides is 3. The number of hydrogen-bond donors (Lipinski definition) is 3. The van der Waals surface area contributed by atoms with E-state index in [9.17, 15) is 57.2 Å². The van der Waals surface area contributed by atoms with Gasteiger partial charge in [-0.05, 0) is 208 Å². The van der Waals surface area contributed by atoms with Crippen molar-refractivity contribution < 1.29 is 61.5 Å². The van der Waals surface area contributed by atoms with E-state index >= 15 is 0 Å². The van der Waals surface area contributed by atoms with Crippen LogP contribution >= 0.6 is 57.2 Å². The van der Waals surface area contributed by atoms with Crippen LogP contribution in [0.3, 0.4) is 0 Å². The maximum atomic E-state index is 13.3. The van der Waals surface area contributed by atoms with Crippen molar-refractivity contribution in [3.63, 3.8) is 0 Å². The maximum Gasteiger partial charge on any atom is 0.445 e. The molecule has 4 fully saturated rings. The Morgan fingerprint density at radius 2 is 0.911 bits per heavy atom. The Hall–Kier alpha value is -8.34. The second-order valence-electron chi connectivity index (χ2n) is 24.4. The summed E-state index contributed by atoms with van der Waals surface area (Å²) in [6.45, 7) is 4.86. The van der Waals surface area contributed by atoms with Crippen LogP contribution < -0.4 is 38.7 Å². The first kappa shape index (κ1) is 71.1. The van der Waals surface area contributed by atoms with Gasteiger partial charge in [-0.1, -0.05) is 46.7 Å². The molecular formula is C67H69Cl2F4N13O9S6. The number of nitrogens with zero attached hydrogens (tertiary/aromatic N) is 10. The second-order valence-corrected chi connectivity index (χ2v) is 33.1. The Bertz CT molecular complexity index is 4870. The number of fused-ring (bicyclic) bond motifs is 2. The number of alkyl halides is 3. The van der Waals surface area contributed by atoms with E-state index < -0.39 is 46.4 Å². The van der Waals surface area contributed by atoms with Crippen LogP contribution in [0.25, 0.3) is 0 Å². The molecule has 534 valence electrons. The Labute approximate surface area is 606 Å². The molecule has 6 aliphatic heterocycles. The molecule has 22 nitrogen and oxygen atoms in total. The van der Waals surface area contributed by atoms with Crippen molar-refractivity contribution in [3.05, 3.63) is 194 Å². The number of aryl methyl sites for hydroxylation is 1. The third-order valence-corrected chi connectivity index (χ3v) is 25.5. The summed E-state index contributed by atoms with van der Waals surface area (Å²) in [7, 11) is -11.6. The SMILES string of the molecule is O=C1[C@@H](N2CCC(c3ccc(F)cc3)CC2)CCN1c1ccc(S(=O)(=O)Nc2nccs2)cc1.O=C1[C@@H](N2CCCc3cc(Cl)ccc32)CCN1c1ccc(S(=O)(=O)Nc2nnc(C(F)(F)F)s2)cc1.O=C1[C@H](N2CCc3cc(Cl)ccc32)CCN1c1ccc(S(=O)(=O)Nc2nccs2)cc1.[HH].[HH].[HH]. The molecule has 0 spiro atoms. The Balaban J connectivity index is 0.000000165. The van der Waals surface area contributed by atoms with Crippen LogP contribution in [-0.2, 0) is 63.5 Å². The van der Waals surface area contributed by atoms with Gasteiger partial charge in [-0.2, -0.15) is 13.2 Å². The topological polar surface area (TPSA) is 261 Å². The lowest BCUT2D eigenvalue weighted by atomic mass is 9.89. The molecule has 3 amide bonds. The summed E-state index contributed by atoms with van der Waals surface area (Å²) in [5, 5.41) is 9.85. The number of anilines is 8. The fourth-order valence-corrected chi connectivity index (χ4v) is 19.3. The fraction of sp³-hybridized carbons (Fsp3) is 0.299. The second kappa shape index (κ2) is 29.6.